The van der Waals surface area contributed by atoms with Crippen molar-refractivity contribution in [3.63, 3.8) is 0 Å². The summed E-state index contributed by atoms with van der Waals surface area (Å²) in [6.07, 6.45) is 1.56. The second-order valence-electron chi connectivity index (χ2n) is 6.65. The second-order valence-corrected chi connectivity index (χ2v) is 6.65. The molecule has 1 aliphatic carbocycles. The molecule has 0 spiro atoms. The van der Waals surface area contributed by atoms with Crippen molar-refractivity contribution in [2.75, 3.05) is 19.7 Å². The summed E-state index contributed by atoms with van der Waals surface area (Å²) in [5, 5.41) is 14.7. The number of carbonyl (C=O) groups excluding carboxylic acids is 1. The van der Waals surface area contributed by atoms with E-state index in [-0.39, 0.29) is 24.7 Å². The zero-order valence-electron chi connectivity index (χ0n) is 15.7. The van der Waals surface area contributed by atoms with Crippen LogP contribution in [-0.2, 0) is 11.3 Å². The molecule has 0 bridgehead atoms. The fourth-order valence-corrected chi connectivity index (χ4v) is 3.19. The summed E-state index contributed by atoms with van der Waals surface area (Å²) in [4.78, 5) is 24.9. The van der Waals surface area contributed by atoms with Gasteiger partial charge >= 0.3 is 12.0 Å². The Kier molecular flexibility index (Phi) is 7.26. The molecule has 144 valence electrons. The summed E-state index contributed by atoms with van der Waals surface area (Å²) in [6, 6.07) is 6.03. The van der Waals surface area contributed by atoms with E-state index in [9.17, 15) is 9.59 Å². The van der Waals surface area contributed by atoms with Gasteiger partial charge in [0.1, 0.15) is 5.75 Å². The molecule has 7 nitrogen and oxygen atoms in total. The van der Waals surface area contributed by atoms with Crippen molar-refractivity contribution in [3.8, 4) is 5.75 Å². The van der Waals surface area contributed by atoms with Crippen LogP contribution in [0.4, 0.5) is 4.79 Å². The van der Waals surface area contributed by atoms with Crippen molar-refractivity contribution in [2.24, 2.45) is 0 Å². The molecule has 2 rings (SSSR count). The number of nitrogens with zero attached hydrogens (tertiary/aromatic N) is 1. The van der Waals surface area contributed by atoms with E-state index in [0.717, 1.165) is 29.7 Å². The van der Waals surface area contributed by atoms with Crippen LogP contribution in [0.25, 0.3) is 0 Å². The Morgan fingerprint density at radius 2 is 2.04 bits per heavy atom. The molecule has 1 aromatic rings. The predicted molar refractivity (Wildman–Crippen MR) is 99.4 cm³/mol. The molecule has 1 aliphatic rings. The zero-order valence-corrected chi connectivity index (χ0v) is 15.7. The van der Waals surface area contributed by atoms with E-state index in [2.05, 4.69) is 10.6 Å². The first-order chi connectivity index (χ1) is 12.4. The van der Waals surface area contributed by atoms with E-state index in [1.54, 1.807) is 0 Å². The number of carboxylic acids is 1. The number of hydrogen-bond acceptors (Lipinski definition) is 4. The number of ether oxygens (including phenoxy) is 1. The Labute approximate surface area is 154 Å². The Balaban J connectivity index is 1.76. The van der Waals surface area contributed by atoms with Gasteiger partial charge in [-0.15, -0.1) is 0 Å². The molecule has 1 fully saturated rings. The summed E-state index contributed by atoms with van der Waals surface area (Å²) in [5.41, 5.74) is 2.06. The average molecular weight is 363 g/mol. The van der Waals surface area contributed by atoms with Gasteiger partial charge in [0.15, 0.2) is 0 Å². The highest BCUT2D eigenvalue weighted by atomic mass is 16.5. The third-order valence-electron chi connectivity index (χ3n) is 4.67. The Hall–Kier alpha value is -2.28. The van der Waals surface area contributed by atoms with Gasteiger partial charge in [0, 0.05) is 24.2 Å². The maximum Gasteiger partial charge on any atom is 0.317 e. The minimum Gasteiger partial charge on any atom is -0.494 e. The van der Waals surface area contributed by atoms with Crippen LogP contribution in [-0.4, -0.2) is 53.8 Å². The Morgan fingerprint density at radius 3 is 2.65 bits per heavy atom. The molecule has 0 heterocycles. The molecule has 3 N–H and O–H groups in total. The summed E-state index contributed by atoms with van der Waals surface area (Å²) in [7, 11) is 0. The van der Waals surface area contributed by atoms with Crippen LogP contribution in [0.3, 0.4) is 0 Å². The van der Waals surface area contributed by atoms with E-state index in [1.807, 2.05) is 43.9 Å². The van der Waals surface area contributed by atoms with Gasteiger partial charge in [0.2, 0.25) is 0 Å². The van der Waals surface area contributed by atoms with E-state index in [0.29, 0.717) is 19.7 Å². The number of benzene rings is 1. The number of nitrogens with one attached hydrogen (secondary N) is 2. The molecule has 0 radical (unpaired) electrons. The highest BCUT2D eigenvalue weighted by Crippen LogP contribution is 2.25. The highest BCUT2D eigenvalue weighted by molar-refractivity contribution is 5.74. The second kappa shape index (κ2) is 9.43. The fourth-order valence-electron chi connectivity index (χ4n) is 3.19. The van der Waals surface area contributed by atoms with Gasteiger partial charge in [-0.2, -0.15) is 0 Å². The third kappa shape index (κ3) is 5.62. The first-order valence-corrected chi connectivity index (χ1v) is 9.15. The van der Waals surface area contributed by atoms with E-state index in [1.165, 1.54) is 0 Å². The monoisotopic (exact) mass is 363 g/mol. The lowest BCUT2D eigenvalue weighted by molar-refractivity contribution is -0.139. The number of rotatable bonds is 9. The standard InChI is InChI=1S/C19H29N3O4/c1-4-22(12-18(23)24)16-9-15(10-16)21-19(25)20-11-14-7-6-13(3)8-17(14)26-5-2/h6-8,15-16H,4-5,9-12H2,1-3H3,(H,23,24)(H2,20,21,25). The van der Waals surface area contributed by atoms with Crippen LogP contribution in [0.2, 0.25) is 0 Å². The van der Waals surface area contributed by atoms with Crippen molar-refractivity contribution in [2.45, 2.75) is 52.2 Å². The van der Waals surface area contributed by atoms with Crippen LogP contribution in [0.1, 0.15) is 37.8 Å². The Morgan fingerprint density at radius 1 is 1.31 bits per heavy atom. The van der Waals surface area contributed by atoms with E-state index < -0.39 is 5.97 Å². The molecule has 0 aromatic heterocycles. The van der Waals surface area contributed by atoms with E-state index >= 15 is 0 Å². The first-order valence-electron chi connectivity index (χ1n) is 9.15. The molecule has 26 heavy (non-hydrogen) atoms. The molecular formula is C19H29N3O4. The molecule has 1 saturated carbocycles. The van der Waals surface area contributed by atoms with Crippen molar-refractivity contribution in [1.29, 1.82) is 0 Å². The molecule has 7 heteroatoms. The predicted octanol–water partition coefficient (Wildman–Crippen LogP) is 2.13. The first kappa shape index (κ1) is 20.0. The summed E-state index contributed by atoms with van der Waals surface area (Å²) in [6.45, 7) is 7.62. The Bertz CT molecular complexity index is 629. The molecule has 2 amide bonds. The minimum absolute atomic E-state index is 0.0493. The number of amides is 2. The number of hydrogen-bond donors (Lipinski definition) is 3. The van der Waals surface area contributed by atoms with Gasteiger partial charge in [0.25, 0.3) is 0 Å². The van der Waals surface area contributed by atoms with Crippen LogP contribution in [0, 0.1) is 6.92 Å². The molecule has 0 atom stereocenters. The number of urea groups is 1. The number of likely N-dealkylation sites (N-methyl/N-ethyl adjacent to an activating group) is 1. The maximum atomic E-state index is 12.1. The van der Waals surface area contributed by atoms with Crippen LogP contribution in [0.15, 0.2) is 18.2 Å². The van der Waals surface area contributed by atoms with Crippen LogP contribution in [0.5, 0.6) is 5.75 Å². The maximum absolute atomic E-state index is 12.1. The summed E-state index contributed by atoms with van der Waals surface area (Å²) < 4.78 is 5.62. The van der Waals surface area contributed by atoms with Crippen LogP contribution < -0.4 is 15.4 Å². The number of aryl methyl sites for hydroxylation is 1. The van der Waals surface area contributed by atoms with Crippen molar-refractivity contribution in [3.05, 3.63) is 29.3 Å². The quantitative estimate of drug-likeness (QED) is 0.625. The number of carbonyl (C=O) groups is 2. The topological polar surface area (TPSA) is 90.9 Å². The molecular weight excluding hydrogens is 334 g/mol. The lowest BCUT2D eigenvalue weighted by atomic mass is 9.85. The van der Waals surface area contributed by atoms with Crippen molar-refractivity contribution >= 4 is 12.0 Å². The van der Waals surface area contributed by atoms with Gasteiger partial charge in [-0.25, -0.2) is 4.79 Å². The molecule has 0 saturated heterocycles. The number of carboxylic acid groups (broad SMARTS) is 1. The van der Waals surface area contributed by atoms with Gasteiger partial charge < -0.3 is 20.5 Å². The van der Waals surface area contributed by atoms with Gasteiger partial charge in [-0.1, -0.05) is 19.1 Å². The lowest BCUT2D eigenvalue weighted by Crippen LogP contribution is -2.56. The van der Waals surface area contributed by atoms with Gasteiger partial charge in [-0.05, 0) is 44.9 Å². The summed E-state index contributed by atoms with van der Waals surface area (Å²) in [5.74, 6) is -0.0204. The summed E-state index contributed by atoms with van der Waals surface area (Å²) >= 11 is 0. The van der Waals surface area contributed by atoms with Crippen LogP contribution >= 0.6 is 0 Å². The number of aliphatic carboxylic acids is 1. The third-order valence-corrected chi connectivity index (χ3v) is 4.67. The van der Waals surface area contributed by atoms with E-state index in [4.69, 9.17) is 9.84 Å². The van der Waals surface area contributed by atoms with Crippen molar-refractivity contribution < 1.29 is 19.4 Å². The largest absolute Gasteiger partial charge is 0.494 e. The highest BCUT2D eigenvalue weighted by Gasteiger charge is 2.34. The molecule has 0 aliphatic heterocycles. The normalized spacial score (nSPS) is 18.9. The van der Waals surface area contributed by atoms with Gasteiger partial charge in [0.05, 0.1) is 13.2 Å². The fraction of sp³-hybridized carbons (Fsp3) is 0.579. The minimum atomic E-state index is -0.816. The lowest BCUT2D eigenvalue weighted by Gasteiger charge is -2.42. The SMILES string of the molecule is CCOc1cc(C)ccc1CNC(=O)NC1CC(N(CC)CC(=O)O)C1. The zero-order chi connectivity index (χ0) is 19.1. The molecule has 0 unspecified atom stereocenters. The molecule has 1 aromatic carbocycles. The van der Waals surface area contributed by atoms with Gasteiger partial charge in [-0.3, -0.25) is 9.69 Å². The average Bonchev–Trinajstić information content (AvgIpc) is 2.55. The van der Waals surface area contributed by atoms with Crippen molar-refractivity contribution in [1.82, 2.24) is 15.5 Å². The smallest absolute Gasteiger partial charge is 0.317 e.